The summed E-state index contributed by atoms with van der Waals surface area (Å²) in [6.45, 7) is 0.0695. The van der Waals surface area contributed by atoms with Crippen LogP contribution in [0.4, 0.5) is 5.69 Å². The van der Waals surface area contributed by atoms with Gasteiger partial charge in [-0.25, -0.2) is 0 Å². The van der Waals surface area contributed by atoms with Gasteiger partial charge >= 0.3 is 0 Å². The highest BCUT2D eigenvalue weighted by Crippen LogP contribution is 2.32. The van der Waals surface area contributed by atoms with Gasteiger partial charge < -0.3 is 28.2 Å². The summed E-state index contributed by atoms with van der Waals surface area (Å²) in [7, 11) is 3.11. The lowest BCUT2D eigenvalue weighted by Crippen LogP contribution is -2.18. The third-order valence-corrected chi connectivity index (χ3v) is 5.17. The normalized spacial score (nSPS) is 11.0. The molecule has 5 rings (SSSR count). The second-order valence-corrected chi connectivity index (χ2v) is 7.19. The molecule has 9 nitrogen and oxygen atoms in total. The van der Waals surface area contributed by atoms with Gasteiger partial charge in [0.25, 0.3) is 5.89 Å². The first-order valence-electron chi connectivity index (χ1n) is 10.1. The van der Waals surface area contributed by atoms with Crippen molar-refractivity contribution in [3.63, 3.8) is 0 Å². The van der Waals surface area contributed by atoms with E-state index in [1.54, 1.807) is 50.8 Å². The number of nitrogens with zero attached hydrogens (tertiary/aromatic N) is 3. The number of furan rings is 1. The molecule has 3 aromatic heterocycles. The molecule has 0 bridgehead atoms. The van der Waals surface area contributed by atoms with Crippen molar-refractivity contribution in [1.29, 1.82) is 0 Å². The Hall–Kier alpha value is -4.53. The molecule has 9 heteroatoms. The van der Waals surface area contributed by atoms with Crippen molar-refractivity contribution < 1.29 is 23.1 Å². The van der Waals surface area contributed by atoms with Crippen LogP contribution >= 0.6 is 0 Å². The summed E-state index contributed by atoms with van der Waals surface area (Å²) in [5, 5.41) is 12.0. The maximum Gasteiger partial charge on any atom is 0.283 e. The van der Waals surface area contributed by atoms with E-state index in [9.17, 15) is 4.79 Å². The van der Waals surface area contributed by atoms with Crippen molar-refractivity contribution in [3.05, 3.63) is 67.1 Å². The number of ether oxygens (including phenoxy) is 2. The predicted octanol–water partition coefficient (Wildman–Crippen LogP) is 4.61. The van der Waals surface area contributed by atoms with Crippen molar-refractivity contribution in [2.45, 2.75) is 6.54 Å². The Balaban J connectivity index is 1.45. The van der Waals surface area contributed by atoms with Crippen LogP contribution in [0.3, 0.4) is 0 Å². The number of hydrogen-bond acceptors (Lipinski definition) is 7. The molecular formula is C24H20N4O5. The lowest BCUT2D eigenvalue weighted by atomic mass is 10.2. The summed E-state index contributed by atoms with van der Waals surface area (Å²) < 4.78 is 23.6. The smallest absolute Gasteiger partial charge is 0.283 e. The van der Waals surface area contributed by atoms with Gasteiger partial charge in [0, 0.05) is 23.2 Å². The van der Waals surface area contributed by atoms with E-state index in [0.29, 0.717) is 28.8 Å². The highest BCUT2D eigenvalue weighted by atomic mass is 16.5. The number of aromatic nitrogens is 3. The zero-order valence-corrected chi connectivity index (χ0v) is 17.9. The lowest BCUT2D eigenvalue weighted by molar-refractivity contribution is -0.116. The summed E-state index contributed by atoms with van der Waals surface area (Å²) in [6, 6.07) is 16.4. The molecule has 0 aliphatic heterocycles. The molecule has 0 atom stereocenters. The van der Waals surface area contributed by atoms with Crippen LogP contribution in [0.5, 0.6) is 11.5 Å². The molecule has 0 radical (unpaired) electrons. The van der Waals surface area contributed by atoms with Gasteiger partial charge in [-0.15, -0.1) is 10.2 Å². The standard InChI is InChI=1S/C24H20N4O5/c1-30-15-9-10-20(31-2)18(12-15)25-22(29)14-28-13-17(16-6-3-4-7-19(16)28)23-26-27-24(33-23)21-8-5-11-32-21/h3-13H,14H2,1-2H3,(H,25,29). The van der Waals surface area contributed by atoms with Crippen LogP contribution < -0.4 is 14.8 Å². The summed E-state index contributed by atoms with van der Waals surface area (Å²) in [4.78, 5) is 12.9. The molecule has 0 fully saturated rings. The Labute approximate surface area is 188 Å². The van der Waals surface area contributed by atoms with Crippen molar-refractivity contribution in [3.8, 4) is 34.6 Å². The third kappa shape index (κ3) is 3.91. The van der Waals surface area contributed by atoms with E-state index in [-0.39, 0.29) is 18.3 Å². The molecule has 5 aromatic rings. The summed E-state index contributed by atoms with van der Waals surface area (Å²) in [6.07, 6.45) is 3.37. The van der Waals surface area contributed by atoms with Crippen LogP contribution in [0.1, 0.15) is 0 Å². The summed E-state index contributed by atoms with van der Waals surface area (Å²) >= 11 is 0. The minimum absolute atomic E-state index is 0.0695. The fourth-order valence-electron chi connectivity index (χ4n) is 3.64. The van der Waals surface area contributed by atoms with Crippen LogP contribution in [0, 0.1) is 0 Å². The second kappa shape index (κ2) is 8.54. The van der Waals surface area contributed by atoms with Crippen molar-refractivity contribution in [2.75, 3.05) is 19.5 Å². The number of anilines is 1. The Morgan fingerprint density at radius 3 is 2.67 bits per heavy atom. The fourth-order valence-corrected chi connectivity index (χ4v) is 3.64. The van der Waals surface area contributed by atoms with Gasteiger partial charge in [-0.3, -0.25) is 4.79 Å². The van der Waals surface area contributed by atoms with Crippen molar-refractivity contribution in [2.24, 2.45) is 0 Å². The van der Waals surface area contributed by atoms with Crippen molar-refractivity contribution in [1.82, 2.24) is 14.8 Å². The SMILES string of the molecule is COc1ccc(OC)c(NC(=O)Cn2cc(-c3nnc(-c4ccco4)o3)c3ccccc32)c1. The largest absolute Gasteiger partial charge is 0.497 e. The minimum atomic E-state index is -0.226. The van der Waals surface area contributed by atoms with Gasteiger partial charge in [-0.1, -0.05) is 18.2 Å². The molecule has 3 heterocycles. The van der Waals surface area contributed by atoms with E-state index in [0.717, 1.165) is 16.5 Å². The number of nitrogens with one attached hydrogen (secondary N) is 1. The van der Waals surface area contributed by atoms with E-state index < -0.39 is 0 Å². The maximum atomic E-state index is 12.9. The molecule has 33 heavy (non-hydrogen) atoms. The number of rotatable bonds is 7. The zero-order chi connectivity index (χ0) is 22.8. The number of benzene rings is 2. The van der Waals surface area contributed by atoms with E-state index in [2.05, 4.69) is 15.5 Å². The molecule has 166 valence electrons. The Morgan fingerprint density at radius 2 is 1.88 bits per heavy atom. The van der Waals surface area contributed by atoms with Gasteiger partial charge in [0.05, 0.1) is 31.7 Å². The zero-order valence-electron chi connectivity index (χ0n) is 17.9. The van der Waals surface area contributed by atoms with Crippen LogP contribution in [0.25, 0.3) is 34.0 Å². The topological polar surface area (TPSA) is 105 Å². The summed E-state index contributed by atoms with van der Waals surface area (Å²) in [5.41, 5.74) is 2.11. The first kappa shape index (κ1) is 20.4. The fraction of sp³-hybridized carbons (Fsp3) is 0.125. The number of hydrogen-bond donors (Lipinski definition) is 1. The van der Waals surface area contributed by atoms with Gasteiger partial charge in [0.15, 0.2) is 5.76 Å². The maximum absolute atomic E-state index is 12.9. The first-order chi connectivity index (χ1) is 16.2. The highest BCUT2D eigenvalue weighted by molar-refractivity contribution is 5.97. The van der Waals surface area contributed by atoms with E-state index in [1.807, 2.05) is 35.0 Å². The van der Waals surface area contributed by atoms with Crippen LogP contribution in [0.2, 0.25) is 0 Å². The molecular weight excluding hydrogens is 424 g/mol. The molecule has 0 aliphatic carbocycles. The van der Waals surface area contributed by atoms with Gasteiger partial charge in [-0.2, -0.15) is 0 Å². The molecule has 0 spiro atoms. The Morgan fingerprint density at radius 1 is 1.03 bits per heavy atom. The molecule has 0 saturated carbocycles. The first-order valence-corrected chi connectivity index (χ1v) is 10.1. The molecule has 0 saturated heterocycles. The van der Waals surface area contributed by atoms with E-state index in [1.165, 1.54) is 0 Å². The number of carbonyl (C=O) groups excluding carboxylic acids is 1. The summed E-state index contributed by atoms with van der Waals surface area (Å²) in [5.74, 6) is 2.04. The van der Waals surface area contributed by atoms with E-state index >= 15 is 0 Å². The van der Waals surface area contributed by atoms with Gasteiger partial charge in [-0.05, 0) is 30.3 Å². The Kier molecular flexibility index (Phi) is 5.27. The van der Waals surface area contributed by atoms with E-state index in [4.69, 9.17) is 18.3 Å². The average molecular weight is 444 g/mol. The number of fused-ring (bicyclic) bond motifs is 1. The lowest BCUT2D eigenvalue weighted by Gasteiger charge is -2.12. The monoisotopic (exact) mass is 444 g/mol. The molecule has 0 aliphatic rings. The van der Waals surface area contributed by atoms with Crippen LogP contribution in [0.15, 0.2) is 75.9 Å². The van der Waals surface area contributed by atoms with Gasteiger partial charge in [0.1, 0.15) is 18.0 Å². The Bertz CT molecular complexity index is 1420. The van der Waals surface area contributed by atoms with Crippen molar-refractivity contribution >= 4 is 22.5 Å². The number of para-hydroxylation sites is 1. The second-order valence-electron chi connectivity index (χ2n) is 7.19. The quantitative estimate of drug-likeness (QED) is 0.391. The van der Waals surface area contributed by atoms with Gasteiger partial charge in [0.2, 0.25) is 11.8 Å². The minimum Gasteiger partial charge on any atom is -0.497 e. The van der Waals surface area contributed by atoms with Crippen LogP contribution in [-0.2, 0) is 11.3 Å². The predicted molar refractivity (Wildman–Crippen MR) is 121 cm³/mol. The number of amides is 1. The number of methoxy groups -OCH3 is 2. The highest BCUT2D eigenvalue weighted by Gasteiger charge is 2.19. The molecule has 1 amide bonds. The molecule has 0 unspecified atom stereocenters. The third-order valence-electron chi connectivity index (χ3n) is 5.17. The average Bonchev–Trinajstić information content (AvgIpc) is 3.59. The molecule has 2 aromatic carbocycles. The van der Waals surface area contributed by atoms with Crippen LogP contribution in [-0.4, -0.2) is 34.9 Å². The molecule has 1 N–H and O–H groups in total. The number of carbonyl (C=O) groups is 1.